The molecular weight excluding hydrogens is 216 g/mol. The topological polar surface area (TPSA) is 35.5 Å². The van der Waals surface area contributed by atoms with Crippen LogP contribution in [0.15, 0.2) is 36.1 Å². The molecule has 0 aromatic heterocycles. The first-order chi connectivity index (χ1) is 8.36. The summed E-state index contributed by atoms with van der Waals surface area (Å²) in [4.78, 5) is 12.3. The lowest BCUT2D eigenvalue weighted by atomic mass is 9.95. The van der Waals surface area contributed by atoms with Gasteiger partial charge in [-0.05, 0) is 25.0 Å². The van der Waals surface area contributed by atoms with Crippen molar-refractivity contribution in [1.82, 2.24) is 0 Å². The number of carbonyl (C=O) groups is 1. The molecule has 88 valence electrons. The Morgan fingerprint density at radius 2 is 2.12 bits per heavy atom. The molecule has 0 aliphatic carbocycles. The van der Waals surface area contributed by atoms with E-state index in [9.17, 15) is 4.79 Å². The Hall–Kier alpha value is -1.77. The van der Waals surface area contributed by atoms with Gasteiger partial charge in [0, 0.05) is 5.56 Å². The van der Waals surface area contributed by atoms with Gasteiger partial charge in [-0.2, -0.15) is 0 Å². The summed E-state index contributed by atoms with van der Waals surface area (Å²) in [6.07, 6.45) is 3.82. The molecule has 0 bridgehead atoms. The summed E-state index contributed by atoms with van der Waals surface area (Å²) in [6.45, 7) is 1.08. The van der Waals surface area contributed by atoms with E-state index in [2.05, 4.69) is 0 Å². The Morgan fingerprint density at radius 3 is 2.94 bits per heavy atom. The van der Waals surface area contributed by atoms with Crippen LogP contribution in [0.4, 0.5) is 0 Å². The third-order valence-corrected chi connectivity index (χ3v) is 3.20. The van der Waals surface area contributed by atoms with Gasteiger partial charge in [0.1, 0.15) is 12.4 Å². The summed E-state index contributed by atoms with van der Waals surface area (Å²) in [6, 6.07) is 7.71. The lowest BCUT2D eigenvalue weighted by Crippen LogP contribution is -2.19. The minimum atomic E-state index is -0.199. The number of ether oxygens (including phenoxy) is 2. The molecule has 0 saturated heterocycles. The van der Waals surface area contributed by atoms with E-state index >= 15 is 0 Å². The SMILES string of the molecule is O=C(C1=CCCCO1)C1COc2ccccc21. The first-order valence-electron chi connectivity index (χ1n) is 5.95. The van der Waals surface area contributed by atoms with Gasteiger partial charge in [-0.25, -0.2) is 0 Å². The maximum Gasteiger partial charge on any atom is 0.208 e. The van der Waals surface area contributed by atoms with Crippen LogP contribution in [0.5, 0.6) is 5.75 Å². The van der Waals surface area contributed by atoms with E-state index in [0.717, 1.165) is 24.2 Å². The van der Waals surface area contributed by atoms with Gasteiger partial charge in [-0.15, -0.1) is 0 Å². The van der Waals surface area contributed by atoms with Gasteiger partial charge < -0.3 is 9.47 Å². The summed E-state index contributed by atoms with van der Waals surface area (Å²) < 4.78 is 10.9. The molecule has 1 atom stereocenters. The largest absolute Gasteiger partial charge is 0.492 e. The molecule has 2 heterocycles. The Morgan fingerprint density at radius 1 is 1.24 bits per heavy atom. The second kappa shape index (κ2) is 4.24. The molecular formula is C14H14O3. The van der Waals surface area contributed by atoms with Crippen LogP contribution >= 0.6 is 0 Å². The Balaban J connectivity index is 1.87. The predicted molar refractivity (Wildman–Crippen MR) is 63.0 cm³/mol. The van der Waals surface area contributed by atoms with Crippen molar-refractivity contribution < 1.29 is 14.3 Å². The van der Waals surface area contributed by atoms with E-state index in [1.165, 1.54) is 0 Å². The lowest BCUT2D eigenvalue weighted by Gasteiger charge is -2.16. The summed E-state index contributed by atoms with van der Waals surface area (Å²) >= 11 is 0. The number of para-hydroxylation sites is 1. The molecule has 17 heavy (non-hydrogen) atoms. The summed E-state index contributed by atoms with van der Waals surface area (Å²) in [5, 5.41) is 0. The first-order valence-corrected chi connectivity index (χ1v) is 5.95. The van der Waals surface area contributed by atoms with Crippen molar-refractivity contribution in [3.05, 3.63) is 41.7 Å². The van der Waals surface area contributed by atoms with Crippen molar-refractivity contribution in [2.45, 2.75) is 18.8 Å². The quantitative estimate of drug-likeness (QED) is 0.782. The Bertz CT molecular complexity index is 476. The van der Waals surface area contributed by atoms with Gasteiger partial charge in [-0.3, -0.25) is 4.79 Å². The van der Waals surface area contributed by atoms with E-state index in [1.54, 1.807) is 0 Å². The monoisotopic (exact) mass is 230 g/mol. The first kappa shape index (κ1) is 10.4. The fourth-order valence-corrected chi connectivity index (χ4v) is 2.28. The highest BCUT2D eigenvalue weighted by Crippen LogP contribution is 2.35. The van der Waals surface area contributed by atoms with Crippen LogP contribution < -0.4 is 4.74 Å². The maximum absolute atomic E-state index is 12.3. The van der Waals surface area contributed by atoms with Gasteiger partial charge in [0.25, 0.3) is 0 Å². The summed E-state index contributed by atoms with van der Waals surface area (Å²) in [7, 11) is 0. The van der Waals surface area contributed by atoms with Crippen molar-refractivity contribution in [2.75, 3.05) is 13.2 Å². The average Bonchev–Trinajstić information content (AvgIpc) is 2.83. The van der Waals surface area contributed by atoms with Gasteiger partial charge in [0.2, 0.25) is 5.78 Å². The van der Waals surface area contributed by atoms with E-state index in [1.807, 2.05) is 30.3 Å². The fraction of sp³-hybridized carbons (Fsp3) is 0.357. The van der Waals surface area contributed by atoms with E-state index in [0.29, 0.717) is 19.0 Å². The standard InChI is InChI=1S/C14H14O3/c15-14(13-7-3-4-8-16-13)11-9-17-12-6-2-1-5-10(11)12/h1-2,5-7,11H,3-4,8-9H2. The van der Waals surface area contributed by atoms with Crippen LogP contribution in [0.1, 0.15) is 24.3 Å². The molecule has 0 saturated carbocycles. The highest BCUT2D eigenvalue weighted by atomic mass is 16.5. The number of rotatable bonds is 2. The van der Waals surface area contributed by atoms with E-state index < -0.39 is 0 Å². The molecule has 1 aromatic rings. The number of ketones is 1. The predicted octanol–water partition coefficient (Wildman–Crippen LogP) is 2.43. The van der Waals surface area contributed by atoms with Crippen LogP contribution in [0.3, 0.4) is 0 Å². The van der Waals surface area contributed by atoms with Crippen molar-refractivity contribution in [2.24, 2.45) is 0 Å². The number of benzene rings is 1. The van der Waals surface area contributed by atoms with Crippen molar-refractivity contribution in [3.63, 3.8) is 0 Å². The summed E-state index contributed by atoms with van der Waals surface area (Å²) in [5.74, 6) is 1.19. The van der Waals surface area contributed by atoms with E-state index in [-0.39, 0.29) is 11.7 Å². The lowest BCUT2D eigenvalue weighted by molar-refractivity contribution is -0.120. The third-order valence-electron chi connectivity index (χ3n) is 3.20. The van der Waals surface area contributed by atoms with Gasteiger partial charge in [-0.1, -0.05) is 18.2 Å². The van der Waals surface area contributed by atoms with E-state index in [4.69, 9.17) is 9.47 Å². The second-order valence-electron chi connectivity index (χ2n) is 4.32. The molecule has 0 radical (unpaired) electrons. The third kappa shape index (κ3) is 1.82. The number of carbonyl (C=O) groups excluding carboxylic acids is 1. The minimum absolute atomic E-state index is 0.0506. The second-order valence-corrected chi connectivity index (χ2v) is 4.32. The van der Waals surface area contributed by atoms with Crippen LogP contribution in [-0.2, 0) is 9.53 Å². The highest BCUT2D eigenvalue weighted by molar-refractivity contribution is 5.99. The molecule has 0 amide bonds. The maximum atomic E-state index is 12.3. The zero-order chi connectivity index (χ0) is 11.7. The number of hydrogen-bond donors (Lipinski definition) is 0. The number of allylic oxidation sites excluding steroid dienone is 2. The highest BCUT2D eigenvalue weighted by Gasteiger charge is 2.32. The Labute approximate surface area is 100 Å². The number of hydrogen-bond acceptors (Lipinski definition) is 3. The molecule has 0 N–H and O–H groups in total. The molecule has 0 spiro atoms. The minimum Gasteiger partial charge on any atom is -0.492 e. The zero-order valence-electron chi connectivity index (χ0n) is 9.52. The molecule has 3 heteroatoms. The van der Waals surface area contributed by atoms with Crippen LogP contribution in [0, 0.1) is 0 Å². The molecule has 2 aliphatic heterocycles. The normalized spacial score (nSPS) is 22.1. The zero-order valence-corrected chi connectivity index (χ0v) is 9.52. The molecule has 1 aromatic carbocycles. The van der Waals surface area contributed by atoms with Crippen LogP contribution in [0.25, 0.3) is 0 Å². The van der Waals surface area contributed by atoms with Crippen molar-refractivity contribution in [1.29, 1.82) is 0 Å². The smallest absolute Gasteiger partial charge is 0.208 e. The molecule has 2 aliphatic rings. The van der Waals surface area contributed by atoms with Gasteiger partial charge in [0.05, 0.1) is 12.5 Å². The summed E-state index contributed by atoms with van der Waals surface area (Å²) in [5.41, 5.74) is 0.979. The van der Waals surface area contributed by atoms with Crippen molar-refractivity contribution >= 4 is 5.78 Å². The molecule has 0 fully saturated rings. The van der Waals surface area contributed by atoms with Gasteiger partial charge in [0.15, 0.2) is 5.76 Å². The molecule has 3 rings (SSSR count). The van der Waals surface area contributed by atoms with Crippen LogP contribution in [-0.4, -0.2) is 19.0 Å². The average molecular weight is 230 g/mol. The van der Waals surface area contributed by atoms with Crippen LogP contribution in [0.2, 0.25) is 0 Å². The number of fused-ring (bicyclic) bond motifs is 1. The Kier molecular flexibility index (Phi) is 2.59. The fourth-order valence-electron chi connectivity index (χ4n) is 2.28. The molecule has 1 unspecified atom stereocenters. The van der Waals surface area contributed by atoms with Gasteiger partial charge >= 0.3 is 0 Å². The molecule has 3 nitrogen and oxygen atoms in total. The number of Topliss-reactive ketones (excluding diaryl/α,β-unsaturated/α-hetero) is 1. The van der Waals surface area contributed by atoms with Crippen molar-refractivity contribution in [3.8, 4) is 5.75 Å².